The molecule has 1 aliphatic heterocycles. The Hall–Kier alpha value is -3.68. The van der Waals surface area contributed by atoms with Crippen molar-refractivity contribution in [3.8, 4) is 28.5 Å². The van der Waals surface area contributed by atoms with E-state index in [1.165, 1.54) is 0 Å². The van der Waals surface area contributed by atoms with Gasteiger partial charge >= 0.3 is 6.03 Å². The summed E-state index contributed by atoms with van der Waals surface area (Å²) in [5.41, 5.74) is 3.65. The molecule has 1 aliphatic rings. The normalized spacial score (nSPS) is 11.9. The summed E-state index contributed by atoms with van der Waals surface area (Å²) in [6.45, 7) is 2.28. The molecule has 0 aliphatic carbocycles. The summed E-state index contributed by atoms with van der Waals surface area (Å²) in [6.07, 6.45) is 1.67. The number of anilines is 2. The summed E-state index contributed by atoms with van der Waals surface area (Å²) in [5, 5.41) is 13.2. The van der Waals surface area contributed by atoms with Gasteiger partial charge in [0, 0.05) is 11.3 Å². The van der Waals surface area contributed by atoms with E-state index in [1.54, 1.807) is 31.4 Å². The zero-order valence-corrected chi connectivity index (χ0v) is 16.2. The lowest BCUT2D eigenvalue weighted by molar-refractivity contribution is 0.174. The molecule has 0 radical (unpaired) electrons. The van der Waals surface area contributed by atoms with E-state index in [2.05, 4.69) is 27.8 Å². The van der Waals surface area contributed by atoms with E-state index in [0.29, 0.717) is 28.6 Å². The number of hydrogen-bond acceptors (Lipinski definition) is 5. The Morgan fingerprint density at radius 3 is 2.69 bits per heavy atom. The number of carbonyl (C=O) groups is 1. The van der Waals surface area contributed by atoms with Gasteiger partial charge in [-0.15, -0.1) is 0 Å². The van der Waals surface area contributed by atoms with Crippen molar-refractivity contribution in [2.75, 3.05) is 24.5 Å². The number of hydrogen-bond donors (Lipinski definition) is 3. The predicted octanol–water partition coefficient (Wildman–Crippen LogP) is 4.41. The fourth-order valence-electron chi connectivity index (χ4n) is 3.15. The van der Waals surface area contributed by atoms with E-state index in [1.807, 2.05) is 18.2 Å². The highest BCUT2D eigenvalue weighted by molar-refractivity contribution is 6.02. The number of fused-ring (bicyclic) bond motifs is 1. The molecule has 8 nitrogen and oxygen atoms in total. The third-order valence-corrected chi connectivity index (χ3v) is 4.57. The minimum absolute atomic E-state index is 0.204. The fourth-order valence-corrected chi connectivity index (χ4v) is 3.15. The van der Waals surface area contributed by atoms with Crippen molar-refractivity contribution in [3.05, 3.63) is 48.2 Å². The zero-order valence-electron chi connectivity index (χ0n) is 16.2. The van der Waals surface area contributed by atoms with Crippen LogP contribution >= 0.6 is 0 Å². The lowest BCUT2D eigenvalue weighted by atomic mass is 10.1. The Kier molecular flexibility index (Phi) is 5.24. The number of aromatic nitrogens is 2. The van der Waals surface area contributed by atoms with Gasteiger partial charge in [-0.3, -0.25) is 5.10 Å². The second kappa shape index (κ2) is 8.14. The van der Waals surface area contributed by atoms with E-state index >= 15 is 0 Å². The number of methoxy groups -OCH3 is 1. The Morgan fingerprint density at radius 2 is 1.93 bits per heavy atom. The van der Waals surface area contributed by atoms with Crippen LogP contribution in [0.4, 0.5) is 16.2 Å². The third-order valence-electron chi connectivity index (χ3n) is 4.57. The first kappa shape index (κ1) is 18.7. The number of aromatic amines is 1. The Bertz CT molecular complexity index is 1010. The molecule has 29 heavy (non-hydrogen) atoms. The molecule has 3 aromatic rings. The molecule has 150 valence electrons. The minimum Gasteiger partial charge on any atom is -0.497 e. The number of amides is 2. The van der Waals surface area contributed by atoms with Crippen molar-refractivity contribution < 1.29 is 19.0 Å². The van der Waals surface area contributed by atoms with Crippen LogP contribution in [-0.4, -0.2) is 30.1 Å². The second-order valence-electron chi connectivity index (χ2n) is 6.55. The Labute approximate surface area is 168 Å². The first-order valence-electron chi connectivity index (χ1n) is 9.37. The van der Waals surface area contributed by atoms with Crippen molar-refractivity contribution in [2.45, 2.75) is 19.8 Å². The summed E-state index contributed by atoms with van der Waals surface area (Å²) in [5.74, 6) is 2.09. The van der Waals surface area contributed by atoms with Crippen LogP contribution in [-0.2, 0) is 6.42 Å². The first-order chi connectivity index (χ1) is 14.2. The van der Waals surface area contributed by atoms with Gasteiger partial charge in [0.05, 0.1) is 18.5 Å². The molecule has 3 N–H and O–H groups in total. The molecule has 0 saturated heterocycles. The quantitative estimate of drug-likeness (QED) is 0.575. The molecular weight excluding hydrogens is 372 g/mol. The van der Waals surface area contributed by atoms with Gasteiger partial charge in [-0.25, -0.2) is 4.79 Å². The third kappa shape index (κ3) is 3.96. The highest BCUT2D eigenvalue weighted by Gasteiger charge is 2.20. The van der Waals surface area contributed by atoms with Crippen LogP contribution in [0.2, 0.25) is 0 Å². The number of ether oxygens (including phenoxy) is 3. The van der Waals surface area contributed by atoms with Gasteiger partial charge in [-0.2, -0.15) is 5.10 Å². The van der Waals surface area contributed by atoms with Crippen LogP contribution in [0.15, 0.2) is 42.5 Å². The SMILES string of the molecule is CCCc1[nH]nc(-c2ccc3c(c2)OCO3)c1NC(=O)Nc1ccc(OC)cc1. The van der Waals surface area contributed by atoms with Gasteiger partial charge in [-0.05, 0) is 48.9 Å². The largest absolute Gasteiger partial charge is 0.497 e. The van der Waals surface area contributed by atoms with E-state index < -0.39 is 0 Å². The molecule has 0 fully saturated rings. The maximum absolute atomic E-state index is 12.6. The summed E-state index contributed by atoms with van der Waals surface area (Å²) in [4.78, 5) is 12.6. The number of H-pyrrole nitrogens is 1. The van der Waals surface area contributed by atoms with Gasteiger partial charge < -0.3 is 24.8 Å². The van der Waals surface area contributed by atoms with Gasteiger partial charge in [0.15, 0.2) is 11.5 Å². The topological polar surface area (TPSA) is 97.5 Å². The lowest BCUT2D eigenvalue weighted by Crippen LogP contribution is -2.20. The molecule has 0 saturated carbocycles. The van der Waals surface area contributed by atoms with Gasteiger partial charge in [0.2, 0.25) is 6.79 Å². The van der Waals surface area contributed by atoms with Crippen LogP contribution in [0.1, 0.15) is 19.0 Å². The summed E-state index contributed by atoms with van der Waals surface area (Å²) < 4.78 is 16.0. The van der Waals surface area contributed by atoms with E-state index in [4.69, 9.17) is 14.2 Å². The van der Waals surface area contributed by atoms with Crippen LogP contribution in [0.5, 0.6) is 17.2 Å². The van der Waals surface area contributed by atoms with Crippen LogP contribution in [0.3, 0.4) is 0 Å². The van der Waals surface area contributed by atoms with Crippen LogP contribution in [0.25, 0.3) is 11.3 Å². The minimum atomic E-state index is -0.351. The van der Waals surface area contributed by atoms with Crippen LogP contribution in [0, 0.1) is 0 Å². The average Bonchev–Trinajstić information content (AvgIpc) is 3.35. The molecule has 0 spiro atoms. The molecule has 0 bridgehead atoms. The molecule has 2 amide bonds. The monoisotopic (exact) mass is 394 g/mol. The number of urea groups is 1. The van der Waals surface area contributed by atoms with Crippen molar-refractivity contribution in [1.29, 1.82) is 0 Å². The standard InChI is InChI=1S/C21H22N4O4/c1-3-4-16-20(23-21(26)22-14-6-8-15(27-2)9-7-14)19(25-24-16)13-5-10-17-18(11-13)29-12-28-17/h5-11H,3-4,12H2,1-2H3,(H,24,25)(H2,22,23,26). The number of rotatable bonds is 6. The summed E-state index contributed by atoms with van der Waals surface area (Å²) in [6, 6.07) is 12.4. The number of benzene rings is 2. The number of nitrogens with zero attached hydrogens (tertiary/aromatic N) is 1. The smallest absolute Gasteiger partial charge is 0.323 e. The van der Waals surface area contributed by atoms with E-state index in [-0.39, 0.29) is 12.8 Å². The summed E-state index contributed by atoms with van der Waals surface area (Å²) in [7, 11) is 1.60. The number of aryl methyl sites for hydroxylation is 1. The van der Waals surface area contributed by atoms with E-state index in [0.717, 1.165) is 29.8 Å². The highest BCUT2D eigenvalue weighted by atomic mass is 16.7. The van der Waals surface area contributed by atoms with Crippen molar-refractivity contribution >= 4 is 17.4 Å². The Balaban J connectivity index is 1.58. The first-order valence-corrected chi connectivity index (χ1v) is 9.37. The molecule has 8 heteroatoms. The van der Waals surface area contributed by atoms with Crippen LogP contribution < -0.4 is 24.8 Å². The number of carbonyl (C=O) groups excluding carboxylic acids is 1. The fraction of sp³-hybridized carbons (Fsp3) is 0.238. The zero-order chi connectivity index (χ0) is 20.2. The highest BCUT2D eigenvalue weighted by Crippen LogP contribution is 2.38. The number of nitrogens with one attached hydrogen (secondary N) is 3. The maximum Gasteiger partial charge on any atom is 0.323 e. The molecule has 2 aromatic carbocycles. The predicted molar refractivity (Wildman–Crippen MR) is 110 cm³/mol. The summed E-state index contributed by atoms with van der Waals surface area (Å²) >= 11 is 0. The molecular formula is C21H22N4O4. The molecule has 0 atom stereocenters. The van der Waals surface area contributed by atoms with Gasteiger partial charge in [-0.1, -0.05) is 13.3 Å². The molecule has 4 rings (SSSR count). The second-order valence-corrected chi connectivity index (χ2v) is 6.55. The van der Waals surface area contributed by atoms with Crippen molar-refractivity contribution in [1.82, 2.24) is 10.2 Å². The van der Waals surface area contributed by atoms with Gasteiger partial charge in [0.25, 0.3) is 0 Å². The van der Waals surface area contributed by atoms with E-state index in [9.17, 15) is 4.79 Å². The Morgan fingerprint density at radius 1 is 1.14 bits per heavy atom. The molecule has 1 aromatic heterocycles. The van der Waals surface area contributed by atoms with Crippen molar-refractivity contribution in [3.63, 3.8) is 0 Å². The van der Waals surface area contributed by atoms with Gasteiger partial charge in [0.1, 0.15) is 11.4 Å². The maximum atomic E-state index is 12.6. The molecule has 2 heterocycles. The average molecular weight is 394 g/mol. The lowest BCUT2D eigenvalue weighted by Gasteiger charge is -2.10. The molecule has 0 unspecified atom stereocenters. The van der Waals surface area contributed by atoms with Crippen molar-refractivity contribution in [2.24, 2.45) is 0 Å².